The van der Waals surface area contributed by atoms with Gasteiger partial charge in [0.05, 0.1) is 17.1 Å². The predicted octanol–water partition coefficient (Wildman–Crippen LogP) is 0.110. The number of anilines is 1. The van der Waals surface area contributed by atoms with Gasteiger partial charge in [0.1, 0.15) is 0 Å². The van der Waals surface area contributed by atoms with Gasteiger partial charge >= 0.3 is 0 Å². The molecule has 1 aromatic heterocycles. The summed E-state index contributed by atoms with van der Waals surface area (Å²) in [6.07, 6.45) is 2.28. The van der Waals surface area contributed by atoms with Crippen molar-refractivity contribution in [3.8, 4) is 0 Å². The highest BCUT2D eigenvalue weighted by molar-refractivity contribution is 7.91. The highest BCUT2D eigenvalue weighted by Crippen LogP contribution is 2.15. The molecule has 2 heterocycles. The fraction of sp³-hybridized carbons (Fsp3) is 0.455. The van der Waals surface area contributed by atoms with E-state index in [0.717, 1.165) is 0 Å². The molecule has 0 aliphatic carbocycles. The summed E-state index contributed by atoms with van der Waals surface area (Å²) in [6.45, 7) is 0. The van der Waals surface area contributed by atoms with E-state index in [4.69, 9.17) is 5.73 Å². The molecule has 2 rings (SSSR count). The van der Waals surface area contributed by atoms with Crippen molar-refractivity contribution < 1.29 is 17.6 Å². The predicted molar refractivity (Wildman–Crippen MR) is 67.7 cm³/mol. The lowest BCUT2D eigenvalue weighted by Gasteiger charge is -2.23. The summed E-state index contributed by atoms with van der Waals surface area (Å²) < 4.78 is 36.5. The average Bonchev–Trinajstić information content (AvgIpc) is 2.31. The number of amides is 1. The molecule has 1 fully saturated rings. The van der Waals surface area contributed by atoms with Crippen molar-refractivity contribution >= 4 is 21.6 Å². The van der Waals surface area contributed by atoms with E-state index in [1.165, 1.54) is 12.3 Å². The van der Waals surface area contributed by atoms with Gasteiger partial charge in [-0.05, 0) is 18.9 Å². The van der Waals surface area contributed by atoms with Crippen LogP contribution >= 0.6 is 0 Å². The summed E-state index contributed by atoms with van der Waals surface area (Å²) in [4.78, 5) is 15.4. The van der Waals surface area contributed by atoms with Crippen molar-refractivity contribution in [1.82, 2.24) is 10.3 Å². The molecule has 1 atom stereocenters. The summed E-state index contributed by atoms with van der Waals surface area (Å²) in [5, 5.41) is 2.52. The number of carbonyl (C=O) groups excluding carboxylic acids is 1. The topological polar surface area (TPSA) is 102 Å². The molecule has 0 saturated carbocycles. The summed E-state index contributed by atoms with van der Waals surface area (Å²) in [7, 11) is -3.12. The van der Waals surface area contributed by atoms with Gasteiger partial charge in [0.15, 0.2) is 21.5 Å². The SMILES string of the molecule is Nc1nccc(C(=O)NC2CCCS(=O)(=O)C2)c1F. The maximum atomic E-state index is 13.6. The molecule has 0 bridgehead atoms. The van der Waals surface area contributed by atoms with E-state index in [1.54, 1.807) is 0 Å². The molecule has 6 nitrogen and oxygen atoms in total. The zero-order valence-electron chi connectivity index (χ0n) is 10.1. The molecule has 1 aliphatic rings. The Hall–Kier alpha value is -1.70. The largest absolute Gasteiger partial charge is 0.381 e. The third-order valence-corrected chi connectivity index (χ3v) is 4.78. The lowest BCUT2D eigenvalue weighted by molar-refractivity contribution is 0.0934. The Labute approximate surface area is 110 Å². The number of rotatable bonds is 2. The second-order valence-corrected chi connectivity index (χ2v) is 6.71. The minimum absolute atomic E-state index is 0.110. The van der Waals surface area contributed by atoms with Crippen LogP contribution in [0.4, 0.5) is 10.2 Å². The molecular formula is C11H14FN3O3S. The highest BCUT2D eigenvalue weighted by Gasteiger charge is 2.27. The van der Waals surface area contributed by atoms with Crippen molar-refractivity contribution in [3.63, 3.8) is 0 Å². The van der Waals surface area contributed by atoms with Gasteiger partial charge in [-0.1, -0.05) is 0 Å². The van der Waals surface area contributed by atoms with Gasteiger partial charge in [-0.3, -0.25) is 4.79 Å². The molecule has 1 amide bonds. The van der Waals surface area contributed by atoms with E-state index in [-0.39, 0.29) is 22.9 Å². The first-order valence-corrected chi connectivity index (χ1v) is 7.62. The molecule has 3 N–H and O–H groups in total. The van der Waals surface area contributed by atoms with Crippen LogP contribution in [0.15, 0.2) is 12.3 Å². The Morgan fingerprint density at radius 1 is 1.53 bits per heavy atom. The Balaban J connectivity index is 2.11. The minimum atomic E-state index is -3.12. The Bertz CT molecular complexity index is 603. The van der Waals surface area contributed by atoms with Crippen LogP contribution in [0.5, 0.6) is 0 Å². The van der Waals surface area contributed by atoms with Gasteiger partial charge < -0.3 is 11.1 Å². The van der Waals surface area contributed by atoms with Gasteiger partial charge in [0, 0.05) is 12.2 Å². The van der Waals surface area contributed by atoms with Crippen molar-refractivity contribution in [1.29, 1.82) is 0 Å². The normalized spacial score (nSPS) is 21.8. The molecule has 1 aliphatic heterocycles. The molecule has 1 unspecified atom stereocenters. The standard InChI is InChI=1S/C11H14FN3O3S/c12-9-8(3-4-14-10(9)13)11(16)15-7-2-1-5-19(17,18)6-7/h3-4,7H,1-2,5-6H2,(H2,13,14)(H,15,16). The fourth-order valence-corrected chi connectivity index (χ4v) is 3.67. The van der Waals surface area contributed by atoms with Gasteiger partial charge in [-0.2, -0.15) is 0 Å². The third kappa shape index (κ3) is 3.19. The van der Waals surface area contributed by atoms with Crippen LogP contribution in [-0.4, -0.2) is 36.9 Å². The van der Waals surface area contributed by atoms with Crippen LogP contribution in [-0.2, 0) is 9.84 Å². The number of hydrogen-bond donors (Lipinski definition) is 2. The summed E-state index contributed by atoms with van der Waals surface area (Å²) in [5.41, 5.74) is 5.05. The summed E-state index contributed by atoms with van der Waals surface area (Å²) >= 11 is 0. The number of sulfone groups is 1. The Morgan fingerprint density at radius 2 is 2.26 bits per heavy atom. The molecule has 0 aromatic carbocycles. The highest BCUT2D eigenvalue weighted by atomic mass is 32.2. The lowest BCUT2D eigenvalue weighted by atomic mass is 10.1. The van der Waals surface area contributed by atoms with Crippen LogP contribution in [0.2, 0.25) is 0 Å². The van der Waals surface area contributed by atoms with E-state index >= 15 is 0 Å². The van der Waals surface area contributed by atoms with Crippen LogP contribution in [0.25, 0.3) is 0 Å². The minimum Gasteiger partial charge on any atom is -0.381 e. The number of nitrogens with one attached hydrogen (secondary N) is 1. The number of nitrogens with two attached hydrogens (primary N) is 1. The van der Waals surface area contributed by atoms with E-state index < -0.39 is 27.6 Å². The molecule has 0 radical (unpaired) electrons. The molecule has 8 heteroatoms. The van der Waals surface area contributed by atoms with E-state index in [0.29, 0.717) is 12.8 Å². The molecule has 1 aromatic rings. The number of pyridine rings is 1. The van der Waals surface area contributed by atoms with Crippen LogP contribution < -0.4 is 11.1 Å². The first kappa shape index (κ1) is 13.7. The molecule has 104 valence electrons. The molecular weight excluding hydrogens is 273 g/mol. The summed E-state index contributed by atoms with van der Waals surface area (Å²) in [5.74, 6) is -1.90. The first-order valence-electron chi connectivity index (χ1n) is 5.80. The monoisotopic (exact) mass is 287 g/mol. The Morgan fingerprint density at radius 3 is 2.95 bits per heavy atom. The van der Waals surface area contributed by atoms with Crippen molar-refractivity contribution in [2.45, 2.75) is 18.9 Å². The van der Waals surface area contributed by atoms with Crippen molar-refractivity contribution in [2.24, 2.45) is 0 Å². The summed E-state index contributed by atoms with van der Waals surface area (Å²) in [6, 6.07) is 0.721. The average molecular weight is 287 g/mol. The number of hydrogen-bond acceptors (Lipinski definition) is 5. The quantitative estimate of drug-likeness (QED) is 0.803. The zero-order valence-corrected chi connectivity index (χ0v) is 10.9. The second kappa shape index (κ2) is 5.12. The molecule has 0 spiro atoms. The Kier molecular flexibility index (Phi) is 3.70. The van der Waals surface area contributed by atoms with E-state index in [2.05, 4.69) is 10.3 Å². The maximum Gasteiger partial charge on any atom is 0.254 e. The third-order valence-electron chi connectivity index (χ3n) is 2.96. The number of halogens is 1. The zero-order chi connectivity index (χ0) is 14.0. The lowest BCUT2D eigenvalue weighted by Crippen LogP contribution is -2.43. The van der Waals surface area contributed by atoms with Crippen LogP contribution in [0.1, 0.15) is 23.2 Å². The number of nitrogen functional groups attached to an aromatic ring is 1. The first-order chi connectivity index (χ1) is 8.89. The van der Waals surface area contributed by atoms with Crippen molar-refractivity contribution in [2.75, 3.05) is 17.2 Å². The second-order valence-electron chi connectivity index (χ2n) is 4.48. The number of carbonyl (C=O) groups is 1. The molecule has 1 saturated heterocycles. The van der Waals surface area contributed by atoms with E-state index in [1.807, 2.05) is 0 Å². The maximum absolute atomic E-state index is 13.6. The van der Waals surface area contributed by atoms with Gasteiger partial charge in [-0.25, -0.2) is 17.8 Å². The van der Waals surface area contributed by atoms with E-state index in [9.17, 15) is 17.6 Å². The van der Waals surface area contributed by atoms with Gasteiger partial charge in [-0.15, -0.1) is 0 Å². The van der Waals surface area contributed by atoms with Crippen molar-refractivity contribution in [3.05, 3.63) is 23.6 Å². The van der Waals surface area contributed by atoms with Gasteiger partial charge in [0.2, 0.25) is 0 Å². The number of nitrogens with zero attached hydrogens (tertiary/aromatic N) is 1. The van der Waals surface area contributed by atoms with Gasteiger partial charge in [0.25, 0.3) is 5.91 Å². The fourth-order valence-electron chi connectivity index (χ4n) is 2.04. The molecule has 19 heavy (non-hydrogen) atoms. The van der Waals surface area contributed by atoms with Crippen LogP contribution in [0, 0.1) is 5.82 Å². The smallest absolute Gasteiger partial charge is 0.254 e. The van der Waals surface area contributed by atoms with Crippen LogP contribution in [0.3, 0.4) is 0 Å². The number of aromatic nitrogens is 1.